The Hall–Kier alpha value is -1.56. The van der Waals surface area contributed by atoms with Crippen molar-refractivity contribution in [2.45, 2.75) is 57.5 Å². The zero-order chi connectivity index (χ0) is 17.5. The fourth-order valence-corrected chi connectivity index (χ4v) is 4.39. The van der Waals surface area contributed by atoms with E-state index in [1.54, 1.807) is 0 Å². The second kappa shape index (κ2) is 6.87. The highest BCUT2D eigenvalue weighted by Gasteiger charge is 2.36. The van der Waals surface area contributed by atoms with Crippen LogP contribution in [0.25, 0.3) is 0 Å². The van der Waals surface area contributed by atoms with Crippen molar-refractivity contribution in [3.63, 3.8) is 0 Å². The van der Waals surface area contributed by atoms with E-state index in [2.05, 4.69) is 4.57 Å². The van der Waals surface area contributed by atoms with E-state index in [9.17, 15) is 4.79 Å². The molecule has 1 aromatic heterocycles. The number of hydrogen-bond acceptors (Lipinski definition) is 3. The number of nitrogens with zero attached hydrogens (tertiary/aromatic N) is 4. The SMILES string of the molecule is O=C(N1CCCC1)N1Cc2ncn(CC3CC3)c2[C@@H](COCC2CC2)C1. The van der Waals surface area contributed by atoms with Crippen LogP contribution in [-0.4, -0.2) is 58.2 Å². The molecule has 1 aromatic rings. The molecule has 6 nitrogen and oxygen atoms in total. The third kappa shape index (κ3) is 3.48. The van der Waals surface area contributed by atoms with Crippen LogP contribution in [0.15, 0.2) is 6.33 Å². The van der Waals surface area contributed by atoms with Crippen molar-refractivity contribution in [3.05, 3.63) is 17.7 Å². The number of rotatable bonds is 6. The standard InChI is InChI=1S/C20H30N4O2/c25-20(22-7-1-2-8-22)23-10-17(13-26-12-16-5-6-16)19-18(11-23)21-14-24(19)9-15-3-4-15/h14-17H,1-13H2/t17-/m1/s1. The fraction of sp³-hybridized carbons (Fsp3) is 0.800. The lowest BCUT2D eigenvalue weighted by Crippen LogP contribution is -2.46. The highest BCUT2D eigenvalue weighted by molar-refractivity contribution is 5.75. The zero-order valence-corrected chi connectivity index (χ0v) is 15.6. The second-order valence-electron chi connectivity index (χ2n) is 8.71. The summed E-state index contributed by atoms with van der Waals surface area (Å²) in [5.74, 6) is 1.85. The lowest BCUT2D eigenvalue weighted by molar-refractivity contribution is 0.0880. The van der Waals surface area contributed by atoms with Crippen LogP contribution in [0.2, 0.25) is 0 Å². The molecule has 5 rings (SSSR count). The van der Waals surface area contributed by atoms with E-state index in [0.29, 0.717) is 13.2 Å². The van der Waals surface area contributed by atoms with Gasteiger partial charge in [0.2, 0.25) is 0 Å². The Morgan fingerprint density at radius 3 is 2.58 bits per heavy atom. The van der Waals surface area contributed by atoms with Crippen LogP contribution in [0.3, 0.4) is 0 Å². The molecule has 0 spiro atoms. The third-order valence-electron chi connectivity index (χ3n) is 6.29. The molecular formula is C20H30N4O2. The Balaban J connectivity index is 1.33. The minimum atomic E-state index is 0.192. The maximum Gasteiger partial charge on any atom is 0.320 e. The number of amides is 2. The van der Waals surface area contributed by atoms with E-state index < -0.39 is 0 Å². The Labute approximate surface area is 155 Å². The number of ether oxygens (including phenoxy) is 1. The second-order valence-corrected chi connectivity index (χ2v) is 8.71. The van der Waals surface area contributed by atoms with Crippen molar-refractivity contribution >= 4 is 6.03 Å². The van der Waals surface area contributed by atoms with Gasteiger partial charge in [0.05, 0.1) is 25.2 Å². The van der Waals surface area contributed by atoms with Crippen molar-refractivity contribution in [2.24, 2.45) is 11.8 Å². The van der Waals surface area contributed by atoms with E-state index in [1.165, 1.54) is 31.4 Å². The first-order valence-corrected chi connectivity index (χ1v) is 10.4. The van der Waals surface area contributed by atoms with Crippen LogP contribution in [0.1, 0.15) is 55.8 Å². The monoisotopic (exact) mass is 358 g/mol. The minimum Gasteiger partial charge on any atom is -0.380 e. The van der Waals surface area contributed by atoms with Crippen LogP contribution < -0.4 is 0 Å². The summed E-state index contributed by atoms with van der Waals surface area (Å²) >= 11 is 0. The summed E-state index contributed by atoms with van der Waals surface area (Å²) in [4.78, 5) is 21.6. The number of imidazole rings is 1. The predicted molar refractivity (Wildman–Crippen MR) is 97.8 cm³/mol. The molecule has 0 radical (unpaired) electrons. The van der Waals surface area contributed by atoms with Gasteiger partial charge >= 0.3 is 6.03 Å². The van der Waals surface area contributed by atoms with Gasteiger partial charge in [-0.3, -0.25) is 0 Å². The van der Waals surface area contributed by atoms with Gasteiger partial charge in [0.15, 0.2) is 0 Å². The maximum absolute atomic E-state index is 12.9. The highest BCUT2D eigenvalue weighted by atomic mass is 16.5. The Morgan fingerprint density at radius 2 is 1.85 bits per heavy atom. The largest absolute Gasteiger partial charge is 0.380 e. The van der Waals surface area contributed by atoms with Gasteiger partial charge in [-0.25, -0.2) is 9.78 Å². The predicted octanol–water partition coefficient (Wildman–Crippen LogP) is 2.83. The zero-order valence-electron chi connectivity index (χ0n) is 15.6. The molecule has 142 valence electrons. The molecule has 1 atom stereocenters. The van der Waals surface area contributed by atoms with Crippen molar-refractivity contribution in [2.75, 3.05) is 32.8 Å². The number of urea groups is 1. The summed E-state index contributed by atoms with van der Waals surface area (Å²) < 4.78 is 8.42. The van der Waals surface area contributed by atoms with Crippen molar-refractivity contribution < 1.29 is 9.53 Å². The molecule has 6 heteroatoms. The van der Waals surface area contributed by atoms with E-state index in [-0.39, 0.29) is 11.9 Å². The van der Waals surface area contributed by atoms with Gasteiger partial charge in [-0.05, 0) is 50.4 Å². The Bertz CT molecular complexity index is 659. The molecule has 2 amide bonds. The lowest BCUT2D eigenvalue weighted by atomic mass is 9.99. The van der Waals surface area contributed by atoms with Gasteiger partial charge < -0.3 is 19.1 Å². The first-order chi connectivity index (χ1) is 12.8. The average Bonchev–Trinajstić information content (AvgIpc) is 3.55. The van der Waals surface area contributed by atoms with Crippen LogP contribution in [0.4, 0.5) is 4.79 Å². The molecule has 2 aliphatic carbocycles. The molecule has 0 N–H and O–H groups in total. The molecular weight excluding hydrogens is 328 g/mol. The van der Waals surface area contributed by atoms with E-state index in [0.717, 1.165) is 63.2 Å². The van der Waals surface area contributed by atoms with Crippen molar-refractivity contribution in [1.82, 2.24) is 19.4 Å². The summed E-state index contributed by atoms with van der Waals surface area (Å²) in [6.07, 6.45) is 9.58. The van der Waals surface area contributed by atoms with E-state index in [4.69, 9.17) is 9.72 Å². The summed E-state index contributed by atoms with van der Waals surface area (Å²) in [5.41, 5.74) is 2.42. The van der Waals surface area contributed by atoms with Gasteiger partial charge in [0, 0.05) is 44.4 Å². The smallest absolute Gasteiger partial charge is 0.320 e. The topological polar surface area (TPSA) is 50.6 Å². The molecule has 3 heterocycles. The van der Waals surface area contributed by atoms with Gasteiger partial charge in [-0.1, -0.05) is 0 Å². The van der Waals surface area contributed by atoms with Crippen LogP contribution in [-0.2, 0) is 17.8 Å². The summed E-state index contributed by atoms with van der Waals surface area (Å²) in [6, 6.07) is 0.192. The molecule has 4 aliphatic rings. The minimum absolute atomic E-state index is 0.192. The summed E-state index contributed by atoms with van der Waals surface area (Å²) in [7, 11) is 0. The van der Waals surface area contributed by atoms with Gasteiger partial charge in [0.25, 0.3) is 0 Å². The number of carbonyl (C=O) groups excluding carboxylic acids is 1. The first kappa shape index (κ1) is 16.6. The Kier molecular flexibility index (Phi) is 4.39. The maximum atomic E-state index is 12.9. The molecule has 2 saturated carbocycles. The fourth-order valence-electron chi connectivity index (χ4n) is 4.39. The molecule has 0 aromatic carbocycles. The Morgan fingerprint density at radius 1 is 1.08 bits per heavy atom. The number of likely N-dealkylation sites (tertiary alicyclic amines) is 1. The number of fused-ring (bicyclic) bond motifs is 1. The molecule has 0 unspecified atom stereocenters. The molecule has 2 aliphatic heterocycles. The number of aromatic nitrogens is 2. The molecule has 3 fully saturated rings. The average molecular weight is 358 g/mol. The van der Waals surface area contributed by atoms with E-state index >= 15 is 0 Å². The van der Waals surface area contributed by atoms with E-state index in [1.807, 2.05) is 16.1 Å². The van der Waals surface area contributed by atoms with Gasteiger partial charge in [0.1, 0.15) is 0 Å². The highest BCUT2D eigenvalue weighted by Crippen LogP contribution is 2.35. The summed E-state index contributed by atoms with van der Waals surface area (Å²) in [6.45, 7) is 5.90. The third-order valence-corrected chi connectivity index (χ3v) is 6.29. The first-order valence-electron chi connectivity index (χ1n) is 10.4. The number of carbonyl (C=O) groups is 1. The van der Waals surface area contributed by atoms with Gasteiger partial charge in [-0.2, -0.15) is 0 Å². The lowest BCUT2D eigenvalue weighted by Gasteiger charge is -2.35. The quantitative estimate of drug-likeness (QED) is 0.786. The van der Waals surface area contributed by atoms with Crippen LogP contribution in [0.5, 0.6) is 0 Å². The normalized spacial score (nSPS) is 25.6. The van der Waals surface area contributed by atoms with Crippen LogP contribution >= 0.6 is 0 Å². The van der Waals surface area contributed by atoms with Crippen molar-refractivity contribution in [3.8, 4) is 0 Å². The molecule has 1 saturated heterocycles. The molecule has 0 bridgehead atoms. The van der Waals surface area contributed by atoms with Gasteiger partial charge in [-0.15, -0.1) is 0 Å². The molecule has 26 heavy (non-hydrogen) atoms. The van der Waals surface area contributed by atoms with Crippen molar-refractivity contribution in [1.29, 1.82) is 0 Å². The number of hydrogen-bond donors (Lipinski definition) is 0. The van der Waals surface area contributed by atoms with Crippen LogP contribution in [0, 0.1) is 11.8 Å². The summed E-state index contributed by atoms with van der Waals surface area (Å²) in [5, 5.41) is 0.